The van der Waals surface area contributed by atoms with E-state index in [-0.39, 0.29) is 23.4 Å². The average Bonchev–Trinajstić information content (AvgIpc) is 2.86. The molecule has 0 spiro atoms. The highest BCUT2D eigenvalue weighted by Crippen LogP contribution is 2.26. The number of benzene rings is 3. The highest BCUT2D eigenvalue weighted by atomic mass is 16.2. The molecule has 1 heterocycles. The summed E-state index contributed by atoms with van der Waals surface area (Å²) in [6, 6.07) is 23.2. The summed E-state index contributed by atoms with van der Waals surface area (Å²) >= 11 is 0. The molecule has 0 radical (unpaired) electrons. The molecule has 36 heavy (non-hydrogen) atoms. The van der Waals surface area contributed by atoms with Crippen LogP contribution in [0.2, 0.25) is 0 Å². The van der Waals surface area contributed by atoms with Crippen molar-refractivity contribution in [2.75, 3.05) is 6.54 Å². The summed E-state index contributed by atoms with van der Waals surface area (Å²) in [5.41, 5.74) is 4.59. The number of aryl methyl sites for hydroxylation is 3. The van der Waals surface area contributed by atoms with Gasteiger partial charge < -0.3 is 4.90 Å². The van der Waals surface area contributed by atoms with Crippen LogP contribution < -0.4 is 5.56 Å². The number of fused-ring (bicyclic) bond motifs is 1. The normalized spacial score (nSPS) is 12.2. The number of rotatable bonds is 8. The molecule has 0 fully saturated rings. The molecular formula is C31H35N3O2. The van der Waals surface area contributed by atoms with Crippen LogP contribution in [0, 0.1) is 19.8 Å². The Labute approximate surface area is 213 Å². The lowest BCUT2D eigenvalue weighted by molar-refractivity contribution is -0.134. The van der Waals surface area contributed by atoms with Gasteiger partial charge in [0.2, 0.25) is 5.91 Å². The van der Waals surface area contributed by atoms with Crippen LogP contribution in [-0.2, 0) is 11.2 Å². The third kappa shape index (κ3) is 5.40. The van der Waals surface area contributed by atoms with Crippen molar-refractivity contribution in [2.45, 2.75) is 53.5 Å². The van der Waals surface area contributed by atoms with Crippen LogP contribution in [0.15, 0.2) is 77.6 Å². The number of hydrogen-bond donors (Lipinski definition) is 0. The van der Waals surface area contributed by atoms with Crippen molar-refractivity contribution < 1.29 is 4.79 Å². The molecule has 1 unspecified atom stereocenters. The van der Waals surface area contributed by atoms with Gasteiger partial charge in [-0.05, 0) is 62.4 Å². The van der Waals surface area contributed by atoms with Gasteiger partial charge in [-0.2, -0.15) is 0 Å². The first-order valence-electron chi connectivity index (χ1n) is 12.7. The van der Waals surface area contributed by atoms with E-state index in [0.29, 0.717) is 36.1 Å². The van der Waals surface area contributed by atoms with Crippen molar-refractivity contribution >= 4 is 16.8 Å². The Kier molecular flexibility index (Phi) is 7.68. The number of carbonyl (C=O) groups is 1. The Balaban J connectivity index is 1.81. The molecule has 4 aromatic rings. The molecule has 0 N–H and O–H groups in total. The van der Waals surface area contributed by atoms with Gasteiger partial charge in [-0.3, -0.25) is 14.2 Å². The summed E-state index contributed by atoms with van der Waals surface area (Å²) in [5, 5.41) is 0.569. The number of amides is 1. The standard InChI is InChI=1S/C31H35N3O2/c1-21(2)20-33(29(35)18-16-25-11-7-6-8-12-25)24(5)30-32-27-14-10-9-13-26(27)31(36)34(30)28-17-15-22(3)19-23(28)4/h6-15,17,19,21,24H,16,18,20H2,1-5H3. The van der Waals surface area contributed by atoms with Crippen molar-refractivity contribution in [3.05, 3.63) is 106 Å². The Bertz CT molecular complexity index is 1420. The highest BCUT2D eigenvalue weighted by Gasteiger charge is 2.27. The first-order valence-corrected chi connectivity index (χ1v) is 12.7. The summed E-state index contributed by atoms with van der Waals surface area (Å²) in [4.78, 5) is 34.3. The second kappa shape index (κ2) is 10.9. The van der Waals surface area contributed by atoms with Gasteiger partial charge in [0.1, 0.15) is 5.82 Å². The Hall–Kier alpha value is -3.73. The Morgan fingerprint density at radius 1 is 0.944 bits per heavy atom. The van der Waals surface area contributed by atoms with Crippen LogP contribution in [0.4, 0.5) is 0 Å². The van der Waals surface area contributed by atoms with E-state index in [1.807, 2.05) is 92.4 Å². The molecule has 1 amide bonds. The minimum absolute atomic E-state index is 0.0645. The van der Waals surface area contributed by atoms with Crippen molar-refractivity contribution in [1.29, 1.82) is 0 Å². The third-order valence-electron chi connectivity index (χ3n) is 6.59. The van der Waals surface area contributed by atoms with Gasteiger partial charge in [0, 0.05) is 13.0 Å². The zero-order valence-electron chi connectivity index (χ0n) is 21.9. The van der Waals surface area contributed by atoms with Gasteiger partial charge in [-0.15, -0.1) is 0 Å². The monoisotopic (exact) mass is 481 g/mol. The number of nitrogens with zero attached hydrogens (tertiary/aromatic N) is 3. The molecule has 5 heteroatoms. The predicted molar refractivity (Wildman–Crippen MR) is 147 cm³/mol. The van der Waals surface area contributed by atoms with Crippen molar-refractivity contribution in [2.24, 2.45) is 5.92 Å². The maximum Gasteiger partial charge on any atom is 0.266 e. The molecule has 1 aromatic heterocycles. The number of aromatic nitrogens is 2. The second-order valence-corrected chi connectivity index (χ2v) is 10.0. The van der Waals surface area contributed by atoms with E-state index in [1.54, 1.807) is 4.57 Å². The van der Waals surface area contributed by atoms with E-state index in [9.17, 15) is 9.59 Å². The minimum Gasteiger partial charge on any atom is -0.333 e. The maximum absolute atomic E-state index is 13.8. The summed E-state index contributed by atoms with van der Waals surface area (Å²) in [6.45, 7) is 10.8. The predicted octanol–water partition coefficient (Wildman–Crippen LogP) is 6.18. The van der Waals surface area contributed by atoms with Gasteiger partial charge in [-0.1, -0.05) is 74.0 Å². The summed E-state index contributed by atoms with van der Waals surface area (Å²) in [6.07, 6.45) is 1.08. The number of para-hydroxylation sites is 1. The van der Waals surface area contributed by atoms with Gasteiger partial charge in [-0.25, -0.2) is 4.98 Å². The summed E-state index contributed by atoms with van der Waals surface area (Å²) in [7, 11) is 0. The van der Waals surface area contributed by atoms with Crippen LogP contribution in [-0.4, -0.2) is 26.9 Å². The fraction of sp³-hybridized carbons (Fsp3) is 0.323. The number of hydrogen-bond acceptors (Lipinski definition) is 3. The molecule has 0 aliphatic carbocycles. The van der Waals surface area contributed by atoms with Crippen molar-refractivity contribution in [3.63, 3.8) is 0 Å². The molecule has 1 atom stereocenters. The average molecular weight is 482 g/mol. The zero-order valence-corrected chi connectivity index (χ0v) is 21.9. The molecule has 0 saturated carbocycles. The molecule has 4 rings (SSSR count). The first kappa shape index (κ1) is 25.4. The van der Waals surface area contributed by atoms with Gasteiger partial charge >= 0.3 is 0 Å². The molecule has 0 bridgehead atoms. The van der Waals surface area contributed by atoms with E-state index in [1.165, 1.54) is 0 Å². The van der Waals surface area contributed by atoms with Crippen LogP contribution in [0.1, 0.15) is 55.7 Å². The third-order valence-corrected chi connectivity index (χ3v) is 6.59. The maximum atomic E-state index is 13.8. The molecule has 0 aliphatic rings. The van der Waals surface area contributed by atoms with Crippen LogP contribution >= 0.6 is 0 Å². The van der Waals surface area contributed by atoms with Gasteiger partial charge in [0.25, 0.3) is 5.56 Å². The second-order valence-electron chi connectivity index (χ2n) is 10.0. The molecular weight excluding hydrogens is 446 g/mol. The van der Waals surface area contributed by atoms with Gasteiger partial charge in [0.05, 0.1) is 22.6 Å². The zero-order chi connectivity index (χ0) is 25.8. The van der Waals surface area contributed by atoms with Gasteiger partial charge in [0.15, 0.2) is 0 Å². The molecule has 186 valence electrons. The Morgan fingerprint density at radius 3 is 2.33 bits per heavy atom. The quantitative estimate of drug-likeness (QED) is 0.302. The molecule has 5 nitrogen and oxygen atoms in total. The van der Waals surface area contributed by atoms with E-state index in [2.05, 4.69) is 19.9 Å². The van der Waals surface area contributed by atoms with E-state index >= 15 is 0 Å². The molecule has 0 saturated heterocycles. The summed E-state index contributed by atoms with van der Waals surface area (Å²) < 4.78 is 1.71. The highest BCUT2D eigenvalue weighted by molar-refractivity contribution is 5.79. The number of carbonyl (C=O) groups excluding carboxylic acids is 1. The smallest absolute Gasteiger partial charge is 0.266 e. The lowest BCUT2D eigenvalue weighted by Crippen LogP contribution is -2.39. The lowest BCUT2D eigenvalue weighted by atomic mass is 10.1. The topological polar surface area (TPSA) is 55.2 Å². The van der Waals surface area contributed by atoms with Crippen LogP contribution in [0.25, 0.3) is 16.6 Å². The van der Waals surface area contributed by atoms with Crippen LogP contribution in [0.5, 0.6) is 0 Å². The lowest BCUT2D eigenvalue weighted by Gasteiger charge is -2.32. The van der Waals surface area contributed by atoms with E-state index < -0.39 is 0 Å². The first-order chi connectivity index (χ1) is 17.3. The summed E-state index contributed by atoms with van der Waals surface area (Å²) in [5.74, 6) is 0.920. The van der Waals surface area contributed by atoms with Crippen molar-refractivity contribution in [3.8, 4) is 5.69 Å². The molecule has 0 aliphatic heterocycles. The fourth-order valence-corrected chi connectivity index (χ4v) is 4.77. The van der Waals surface area contributed by atoms with E-state index in [4.69, 9.17) is 4.98 Å². The van der Waals surface area contributed by atoms with Crippen molar-refractivity contribution in [1.82, 2.24) is 14.5 Å². The largest absolute Gasteiger partial charge is 0.333 e. The van der Waals surface area contributed by atoms with Crippen LogP contribution in [0.3, 0.4) is 0 Å². The molecule has 3 aromatic carbocycles. The Morgan fingerprint density at radius 2 is 1.64 bits per heavy atom. The SMILES string of the molecule is Cc1ccc(-n2c(C(C)N(CC(C)C)C(=O)CCc3ccccc3)nc3ccccc3c2=O)c(C)c1. The fourth-order valence-electron chi connectivity index (χ4n) is 4.77. The van der Waals surface area contributed by atoms with E-state index in [0.717, 1.165) is 22.4 Å². The minimum atomic E-state index is -0.381.